The van der Waals surface area contributed by atoms with Crippen LogP contribution in [0.15, 0.2) is 61.2 Å². The Labute approximate surface area is 188 Å². The molecule has 1 aliphatic rings. The van der Waals surface area contributed by atoms with E-state index >= 15 is 0 Å². The summed E-state index contributed by atoms with van der Waals surface area (Å²) in [5, 5.41) is 8.05. The lowest BCUT2D eigenvalue weighted by Gasteiger charge is -2.32. The molecule has 1 N–H and O–H groups in total. The first kappa shape index (κ1) is 20.5. The number of hydrogen-bond donors (Lipinski definition) is 1. The van der Waals surface area contributed by atoms with Crippen LogP contribution in [0.5, 0.6) is 0 Å². The summed E-state index contributed by atoms with van der Waals surface area (Å²) in [7, 11) is 0. The molecule has 0 saturated carbocycles. The summed E-state index contributed by atoms with van der Waals surface area (Å²) in [6.45, 7) is 4.78. The average Bonchev–Trinajstić information content (AvgIpc) is 3.49. The van der Waals surface area contributed by atoms with Gasteiger partial charge >= 0.3 is 0 Å². The number of nitrogens with one attached hydrogen (secondary N) is 1. The van der Waals surface area contributed by atoms with Crippen molar-refractivity contribution >= 4 is 16.8 Å². The van der Waals surface area contributed by atoms with Crippen LogP contribution < -0.4 is 0 Å². The molecule has 0 radical (unpaired) electrons. The van der Waals surface area contributed by atoms with Gasteiger partial charge in [-0.15, -0.1) is 0 Å². The number of fused-ring (bicyclic) bond motifs is 1. The molecule has 3 aromatic heterocycles. The molecule has 1 aromatic carbocycles. The lowest BCUT2D eigenvalue weighted by molar-refractivity contribution is -0.132. The molecular formula is C26H29N5O. The van der Waals surface area contributed by atoms with Crippen molar-refractivity contribution in [1.29, 1.82) is 0 Å². The third-order valence-electron chi connectivity index (χ3n) is 6.62. The largest absolute Gasteiger partial charge is 0.346 e. The van der Waals surface area contributed by atoms with Crippen LogP contribution in [-0.4, -0.2) is 43.6 Å². The van der Waals surface area contributed by atoms with E-state index in [0.717, 1.165) is 55.7 Å². The Morgan fingerprint density at radius 3 is 2.69 bits per heavy atom. The normalized spacial score (nSPS) is 14.8. The van der Waals surface area contributed by atoms with Gasteiger partial charge in [0.05, 0.1) is 23.6 Å². The van der Waals surface area contributed by atoms with E-state index in [9.17, 15) is 4.79 Å². The monoisotopic (exact) mass is 427 g/mol. The quantitative estimate of drug-likeness (QED) is 0.489. The number of rotatable bonds is 6. The maximum absolute atomic E-state index is 12.7. The van der Waals surface area contributed by atoms with Crippen LogP contribution in [0, 0.1) is 12.8 Å². The molecule has 1 amide bonds. The maximum Gasteiger partial charge on any atom is 0.222 e. The van der Waals surface area contributed by atoms with Crippen molar-refractivity contribution in [3.8, 4) is 11.3 Å². The minimum absolute atomic E-state index is 0.284. The minimum Gasteiger partial charge on any atom is -0.346 e. The van der Waals surface area contributed by atoms with Crippen molar-refractivity contribution in [2.75, 3.05) is 13.1 Å². The van der Waals surface area contributed by atoms with E-state index in [-0.39, 0.29) is 5.91 Å². The summed E-state index contributed by atoms with van der Waals surface area (Å²) in [4.78, 5) is 19.4. The van der Waals surface area contributed by atoms with Gasteiger partial charge in [0.15, 0.2) is 0 Å². The highest BCUT2D eigenvalue weighted by Gasteiger charge is 2.23. The Balaban J connectivity index is 1.15. The number of H-pyrrole nitrogens is 1. The molecule has 4 aromatic rings. The fourth-order valence-electron chi connectivity index (χ4n) is 4.60. The molecule has 32 heavy (non-hydrogen) atoms. The molecule has 0 spiro atoms. The van der Waals surface area contributed by atoms with Crippen molar-refractivity contribution in [3.05, 3.63) is 72.3 Å². The van der Waals surface area contributed by atoms with Gasteiger partial charge < -0.3 is 9.47 Å². The summed E-state index contributed by atoms with van der Waals surface area (Å²) in [5.74, 6) is 0.867. The highest BCUT2D eigenvalue weighted by atomic mass is 16.2. The number of aromatic nitrogens is 4. The van der Waals surface area contributed by atoms with Crippen molar-refractivity contribution in [3.63, 3.8) is 0 Å². The molecule has 6 heteroatoms. The van der Waals surface area contributed by atoms with Gasteiger partial charge in [-0.2, -0.15) is 5.10 Å². The molecule has 0 unspecified atom stereocenters. The Morgan fingerprint density at radius 2 is 1.94 bits per heavy atom. The fraction of sp³-hybridized carbons (Fsp3) is 0.346. The molecule has 5 rings (SSSR count). The Bertz CT molecular complexity index is 1180. The van der Waals surface area contributed by atoms with E-state index in [1.54, 1.807) is 6.20 Å². The molecular weight excluding hydrogens is 398 g/mol. The van der Waals surface area contributed by atoms with Crippen molar-refractivity contribution in [2.45, 2.75) is 39.2 Å². The standard InChI is InChI=1S/C26H29N5O/c1-19-2-4-20(5-3-19)6-7-26(32)30-11-8-21(9-12-30)18-31-13-10-22-14-24(27-17-25(22)31)23-15-28-29-16-23/h2-5,10,13-17,21H,6-9,11-12,18H2,1H3,(H,28,29). The van der Waals surface area contributed by atoms with Crippen LogP contribution in [0.3, 0.4) is 0 Å². The molecule has 1 aliphatic heterocycles. The number of amides is 1. The van der Waals surface area contributed by atoms with E-state index in [1.807, 2.05) is 12.4 Å². The van der Waals surface area contributed by atoms with Gasteiger partial charge in [0.25, 0.3) is 0 Å². The first-order valence-electron chi connectivity index (χ1n) is 11.4. The van der Waals surface area contributed by atoms with Gasteiger partial charge in [-0.05, 0) is 49.8 Å². The molecule has 6 nitrogen and oxygen atoms in total. The Hall–Kier alpha value is -3.41. The molecule has 0 atom stereocenters. The zero-order chi connectivity index (χ0) is 21.9. The van der Waals surface area contributed by atoms with Crippen LogP contribution >= 0.6 is 0 Å². The van der Waals surface area contributed by atoms with E-state index in [4.69, 9.17) is 0 Å². The first-order chi connectivity index (χ1) is 15.7. The summed E-state index contributed by atoms with van der Waals surface area (Å²) >= 11 is 0. The zero-order valence-electron chi connectivity index (χ0n) is 18.5. The predicted octanol–water partition coefficient (Wildman–Crippen LogP) is 4.61. The van der Waals surface area contributed by atoms with E-state index < -0.39 is 0 Å². The van der Waals surface area contributed by atoms with E-state index in [0.29, 0.717) is 12.3 Å². The zero-order valence-corrected chi connectivity index (χ0v) is 18.5. The number of carbonyl (C=O) groups excluding carboxylic acids is 1. The maximum atomic E-state index is 12.7. The van der Waals surface area contributed by atoms with Gasteiger partial charge in [-0.3, -0.25) is 14.9 Å². The summed E-state index contributed by atoms with van der Waals surface area (Å²) < 4.78 is 2.31. The van der Waals surface area contributed by atoms with Crippen molar-refractivity contribution < 1.29 is 4.79 Å². The molecule has 164 valence electrons. The van der Waals surface area contributed by atoms with Gasteiger partial charge in [0.2, 0.25) is 5.91 Å². The second-order valence-corrected chi connectivity index (χ2v) is 8.89. The number of carbonyl (C=O) groups is 1. The predicted molar refractivity (Wildman–Crippen MR) is 126 cm³/mol. The van der Waals surface area contributed by atoms with Gasteiger partial charge in [0, 0.05) is 49.4 Å². The van der Waals surface area contributed by atoms with Crippen LogP contribution in [0.4, 0.5) is 0 Å². The van der Waals surface area contributed by atoms with Crippen LogP contribution in [0.1, 0.15) is 30.4 Å². The van der Waals surface area contributed by atoms with Crippen LogP contribution in [0.2, 0.25) is 0 Å². The second-order valence-electron chi connectivity index (χ2n) is 8.89. The van der Waals surface area contributed by atoms with Crippen molar-refractivity contribution in [2.24, 2.45) is 5.92 Å². The second kappa shape index (κ2) is 8.99. The van der Waals surface area contributed by atoms with Gasteiger partial charge in [0.1, 0.15) is 0 Å². The number of likely N-dealkylation sites (tertiary alicyclic amines) is 1. The van der Waals surface area contributed by atoms with Crippen LogP contribution in [0.25, 0.3) is 22.2 Å². The third kappa shape index (κ3) is 4.44. The number of aryl methyl sites for hydroxylation is 2. The Kier molecular flexibility index (Phi) is 5.75. The first-order valence-corrected chi connectivity index (χ1v) is 11.4. The number of benzene rings is 1. The minimum atomic E-state index is 0.284. The fourth-order valence-corrected chi connectivity index (χ4v) is 4.60. The number of piperidine rings is 1. The lowest BCUT2D eigenvalue weighted by atomic mass is 9.96. The summed E-state index contributed by atoms with van der Waals surface area (Å²) in [6, 6.07) is 12.8. The van der Waals surface area contributed by atoms with Crippen molar-refractivity contribution in [1.82, 2.24) is 24.6 Å². The van der Waals surface area contributed by atoms with Gasteiger partial charge in [-0.1, -0.05) is 29.8 Å². The smallest absolute Gasteiger partial charge is 0.222 e. The molecule has 4 heterocycles. The highest BCUT2D eigenvalue weighted by molar-refractivity contribution is 5.83. The molecule has 1 fully saturated rings. The molecule has 0 bridgehead atoms. The number of aromatic amines is 1. The SMILES string of the molecule is Cc1ccc(CCC(=O)N2CCC(Cn3ccc4cc(-c5cn[nH]c5)ncc43)CC2)cc1. The third-order valence-corrected chi connectivity index (χ3v) is 6.62. The number of nitrogens with zero attached hydrogens (tertiary/aromatic N) is 4. The van der Waals surface area contributed by atoms with Crippen LogP contribution in [-0.2, 0) is 17.8 Å². The van der Waals surface area contributed by atoms with E-state index in [2.05, 4.69) is 74.2 Å². The molecule has 1 saturated heterocycles. The average molecular weight is 428 g/mol. The topological polar surface area (TPSA) is 66.8 Å². The summed E-state index contributed by atoms with van der Waals surface area (Å²) in [5.41, 5.74) is 5.59. The van der Waals surface area contributed by atoms with Gasteiger partial charge in [-0.25, -0.2) is 0 Å². The van der Waals surface area contributed by atoms with E-state index in [1.165, 1.54) is 16.5 Å². The Morgan fingerprint density at radius 1 is 1.12 bits per heavy atom. The molecule has 0 aliphatic carbocycles. The lowest BCUT2D eigenvalue weighted by Crippen LogP contribution is -2.39. The highest BCUT2D eigenvalue weighted by Crippen LogP contribution is 2.25. The number of hydrogen-bond acceptors (Lipinski definition) is 3. The number of pyridine rings is 1. The summed E-state index contributed by atoms with van der Waals surface area (Å²) in [6.07, 6.45) is 11.3.